The Kier molecular flexibility index (Phi) is 6.95. The molecule has 1 fully saturated rings. The molecule has 1 N–H and O–H groups in total. The zero-order valence-electron chi connectivity index (χ0n) is 15.9. The highest BCUT2D eigenvalue weighted by Gasteiger charge is 2.32. The highest BCUT2D eigenvalue weighted by Crippen LogP contribution is 2.30. The number of nitrogens with zero attached hydrogens (tertiary/aromatic N) is 1. The molecule has 0 saturated heterocycles. The molecule has 1 aromatic rings. The number of carbonyl (C=O) groups excluding carboxylic acids is 1. The summed E-state index contributed by atoms with van der Waals surface area (Å²) in [6.45, 7) is 6.52. The van der Waals surface area contributed by atoms with E-state index in [1.54, 1.807) is 0 Å². The Bertz CT molecular complexity index is 604. The number of carbonyl (C=O) groups is 1. The summed E-state index contributed by atoms with van der Waals surface area (Å²) in [5.74, 6) is 1.10. The Morgan fingerprint density at radius 1 is 1.15 bits per heavy atom. The molecular formula is C19H27F3N2O3. The fraction of sp³-hybridized carbons (Fsp3) is 0.684. The maximum absolute atomic E-state index is 12.5. The fourth-order valence-electron chi connectivity index (χ4n) is 2.99. The van der Waals surface area contributed by atoms with E-state index in [-0.39, 0.29) is 0 Å². The molecule has 0 atom stereocenters. The number of alkyl halides is 3. The van der Waals surface area contributed by atoms with Crippen LogP contribution in [0.2, 0.25) is 0 Å². The van der Waals surface area contributed by atoms with Crippen molar-refractivity contribution in [2.45, 2.75) is 58.2 Å². The van der Waals surface area contributed by atoms with Crippen LogP contribution in [0, 0.1) is 11.8 Å². The van der Waals surface area contributed by atoms with Gasteiger partial charge in [0.25, 0.3) is 0 Å². The SMILES string of the molecule is CC(C)(C)OC(=O)NC[C@H]1CC[C@H](COc2ccc(C(F)(F)F)nc2)CC1. The molecule has 8 heteroatoms. The third kappa shape index (κ3) is 7.64. The molecule has 1 amide bonds. The van der Waals surface area contributed by atoms with E-state index in [9.17, 15) is 18.0 Å². The molecule has 1 aliphatic rings. The summed E-state index contributed by atoms with van der Waals surface area (Å²) in [5.41, 5.74) is -1.43. The zero-order valence-corrected chi connectivity index (χ0v) is 15.9. The van der Waals surface area contributed by atoms with Crippen molar-refractivity contribution < 1.29 is 27.4 Å². The van der Waals surface area contributed by atoms with E-state index in [2.05, 4.69) is 10.3 Å². The topological polar surface area (TPSA) is 60.5 Å². The maximum atomic E-state index is 12.5. The molecule has 1 heterocycles. The molecule has 1 aliphatic carbocycles. The second-order valence-corrected chi connectivity index (χ2v) is 7.96. The van der Waals surface area contributed by atoms with Gasteiger partial charge in [-0.05, 0) is 70.4 Å². The van der Waals surface area contributed by atoms with Crippen molar-refractivity contribution in [3.05, 3.63) is 24.0 Å². The quantitative estimate of drug-likeness (QED) is 0.786. The number of nitrogens with one attached hydrogen (secondary N) is 1. The maximum Gasteiger partial charge on any atom is 0.433 e. The van der Waals surface area contributed by atoms with Crippen LogP contribution in [0.25, 0.3) is 0 Å². The first-order chi connectivity index (χ1) is 12.5. The number of amides is 1. The van der Waals surface area contributed by atoms with E-state index in [1.807, 2.05) is 20.8 Å². The molecule has 0 aliphatic heterocycles. The van der Waals surface area contributed by atoms with Gasteiger partial charge in [0.2, 0.25) is 0 Å². The summed E-state index contributed by atoms with van der Waals surface area (Å²) >= 11 is 0. The predicted molar refractivity (Wildman–Crippen MR) is 94.4 cm³/mol. The van der Waals surface area contributed by atoms with Gasteiger partial charge in [-0.3, -0.25) is 0 Å². The summed E-state index contributed by atoms with van der Waals surface area (Å²) in [5, 5.41) is 2.81. The van der Waals surface area contributed by atoms with E-state index in [1.165, 1.54) is 6.07 Å². The summed E-state index contributed by atoms with van der Waals surface area (Å²) < 4.78 is 48.3. The number of hydrogen-bond acceptors (Lipinski definition) is 4. The normalized spacial score (nSPS) is 20.8. The van der Waals surface area contributed by atoms with Gasteiger partial charge < -0.3 is 14.8 Å². The monoisotopic (exact) mass is 388 g/mol. The van der Waals surface area contributed by atoms with Gasteiger partial charge in [-0.15, -0.1) is 0 Å². The van der Waals surface area contributed by atoms with Gasteiger partial charge in [-0.25, -0.2) is 9.78 Å². The molecule has 0 unspecified atom stereocenters. The minimum atomic E-state index is -4.44. The second-order valence-electron chi connectivity index (χ2n) is 7.96. The van der Waals surface area contributed by atoms with Crippen molar-refractivity contribution >= 4 is 6.09 Å². The van der Waals surface area contributed by atoms with E-state index in [0.717, 1.165) is 37.9 Å². The van der Waals surface area contributed by atoms with Crippen molar-refractivity contribution in [1.29, 1.82) is 0 Å². The molecule has 2 rings (SSSR count). The summed E-state index contributed by atoms with van der Waals surface area (Å²) in [7, 11) is 0. The van der Waals surface area contributed by atoms with E-state index >= 15 is 0 Å². The Labute approximate surface area is 157 Å². The predicted octanol–water partition coefficient (Wildman–Crippen LogP) is 4.81. The minimum absolute atomic E-state index is 0.344. The molecule has 1 aromatic heterocycles. The van der Waals surface area contributed by atoms with Gasteiger partial charge in [-0.2, -0.15) is 13.2 Å². The highest BCUT2D eigenvalue weighted by molar-refractivity contribution is 5.67. The van der Waals surface area contributed by atoms with Crippen LogP contribution in [0.15, 0.2) is 18.3 Å². The van der Waals surface area contributed by atoms with Crippen LogP contribution in [0.3, 0.4) is 0 Å². The van der Waals surface area contributed by atoms with E-state index in [4.69, 9.17) is 9.47 Å². The lowest BCUT2D eigenvalue weighted by atomic mass is 9.82. The Morgan fingerprint density at radius 3 is 2.30 bits per heavy atom. The van der Waals surface area contributed by atoms with Gasteiger partial charge in [0, 0.05) is 6.54 Å². The number of hydrogen-bond donors (Lipinski definition) is 1. The number of alkyl carbamates (subject to hydrolysis) is 1. The first kappa shape index (κ1) is 21.3. The number of halogens is 3. The van der Waals surface area contributed by atoms with Crippen LogP contribution in [0.4, 0.5) is 18.0 Å². The first-order valence-electron chi connectivity index (χ1n) is 9.16. The lowest BCUT2D eigenvalue weighted by Crippen LogP contribution is -2.36. The average molecular weight is 388 g/mol. The molecule has 0 spiro atoms. The molecule has 1 saturated carbocycles. The zero-order chi connectivity index (χ0) is 20.1. The van der Waals surface area contributed by atoms with Crippen LogP contribution in [0.1, 0.15) is 52.1 Å². The van der Waals surface area contributed by atoms with Crippen LogP contribution < -0.4 is 10.1 Å². The molecular weight excluding hydrogens is 361 g/mol. The standard InChI is InChI=1S/C19H27F3N2O3/c1-18(2,3)27-17(25)24-10-13-4-6-14(7-5-13)12-26-15-8-9-16(23-11-15)19(20,21)22/h8-9,11,13-14H,4-7,10,12H2,1-3H3,(H,24,25)/t13-,14-. The summed E-state index contributed by atoms with van der Waals surface area (Å²) in [6, 6.07) is 2.22. The van der Waals surface area contributed by atoms with Crippen LogP contribution in [-0.4, -0.2) is 29.8 Å². The average Bonchev–Trinajstić information content (AvgIpc) is 2.57. The Hall–Kier alpha value is -1.99. The summed E-state index contributed by atoms with van der Waals surface area (Å²) in [6.07, 6.45) is 0.111. The smallest absolute Gasteiger partial charge is 0.433 e. The summed E-state index contributed by atoms with van der Waals surface area (Å²) in [4.78, 5) is 15.1. The molecule has 0 radical (unpaired) electrons. The number of ether oxygens (including phenoxy) is 2. The van der Waals surface area contributed by atoms with Gasteiger partial charge in [0.05, 0.1) is 12.8 Å². The van der Waals surface area contributed by atoms with Crippen LogP contribution >= 0.6 is 0 Å². The number of pyridine rings is 1. The van der Waals surface area contributed by atoms with Crippen molar-refractivity contribution in [1.82, 2.24) is 10.3 Å². The van der Waals surface area contributed by atoms with Gasteiger partial charge in [0.15, 0.2) is 0 Å². The Balaban J connectivity index is 1.67. The van der Waals surface area contributed by atoms with Gasteiger partial charge in [0.1, 0.15) is 17.0 Å². The van der Waals surface area contributed by atoms with Crippen molar-refractivity contribution in [2.75, 3.05) is 13.2 Å². The second kappa shape index (κ2) is 8.80. The van der Waals surface area contributed by atoms with Gasteiger partial charge in [-0.1, -0.05) is 0 Å². The lowest BCUT2D eigenvalue weighted by Gasteiger charge is -2.29. The molecule has 0 bridgehead atoms. The highest BCUT2D eigenvalue weighted by atomic mass is 19.4. The largest absolute Gasteiger partial charge is 0.492 e. The molecule has 152 valence electrons. The number of aromatic nitrogens is 1. The first-order valence-corrected chi connectivity index (χ1v) is 9.16. The Morgan fingerprint density at radius 2 is 1.78 bits per heavy atom. The van der Waals surface area contributed by atoms with Crippen LogP contribution in [-0.2, 0) is 10.9 Å². The lowest BCUT2D eigenvalue weighted by molar-refractivity contribution is -0.141. The molecule has 0 aromatic carbocycles. The van der Waals surface area contributed by atoms with E-state index < -0.39 is 23.6 Å². The number of rotatable bonds is 5. The minimum Gasteiger partial charge on any atom is -0.492 e. The molecule has 5 nitrogen and oxygen atoms in total. The third-order valence-corrected chi connectivity index (χ3v) is 4.41. The third-order valence-electron chi connectivity index (χ3n) is 4.41. The fourth-order valence-corrected chi connectivity index (χ4v) is 2.99. The van der Waals surface area contributed by atoms with E-state index in [0.29, 0.717) is 30.7 Å². The molecule has 27 heavy (non-hydrogen) atoms. The van der Waals surface area contributed by atoms with Crippen LogP contribution in [0.5, 0.6) is 5.75 Å². The van der Waals surface area contributed by atoms with Crippen molar-refractivity contribution in [3.63, 3.8) is 0 Å². The van der Waals surface area contributed by atoms with Crippen molar-refractivity contribution in [2.24, 2.45) is 11.8 Å². The van der Waals surface area contributed by atoms with Gasteiger partial charge >= 0.3 is 12.3 Å². The van der Waals surface area contributed by atoms with Crippen molar-refractivity contribution in [3.8, 4) is 5.75 Å².